The molecule has 0 atom stereocenters. The van der Waals surface area contributed by atoms with Gasteiger partial charge >= 0.3 is 0 Å². The predicted octanol–water partition coefficient (Wildman–Crippen LogP) is -0.263. The van der Waals surface area contributed by atoms with Gasteiger partial charge in [-0.15, -0.1) is 0 Å². The lowest BCUT2D eigenvalue weighted by atomic mass is 9.84. The minimum absolute atomic E-state index is 0.196. The van der Waals surface area contributed by atoms with E-state index >= 15 is 0 Å². The molecule has 1 saturated heterocycles. The lowest BCUT2D eigenvalue weighted by Crippen LogP contribution is -2.54. The molecule has 0 radical (unpaired) electrons. The van der Waals surface area contributed by atoms with Crippen LogP contribution in [0.15, 0.2) is 0 Å². The Kier molecular flexibility index (Phi) is 3.93. The lowest BCUT2D eigenvalue weighted by Gasteiger charge is -2.38. The highest BCUT2D eigenvalue weighted by atomic mass is 32.2. The molecular formula is C11H21N3O3S. The molecule has 2 fully saturated rings. The van der Waals surface area contributed by atoms with Crippen LogP contribution >= 0.6 is 0 Å². The monoisotopic (exact) mass is 275 g/mol. The highest BCUT2D eigenvalue weighted by molar-refractivity contribution is 7.86. The number of carbonyl (C=O) groups excluding carboxylic acids is 1. The van der Waals surface area contributed by atoms with Crippen LogP contribution in [0.25, 0.3) is 0 Å². The van der Waals surface area contributed by atoms with E-state index in [9.17, 15) is 13.2 Å². The molecule has 1 saturated carbocycles. The summed E-state index contributed by atoms with van der Waals surface area (Å²) in [5, 5.41) is 0. The predicted molar refractivity (Wildman–Crippen MR) is 68.1 cm³/mol. The van der Waals surface area contributed by atoms with Crippen molar-refractivity contribution in [2.45, 2.75) is 19.3 Å². The number of hydrogen-bond acceptors (Lipinski definition) is 3. The van der Waals surface area contributed by atoms with Crippen molar-refractivity contribution in [1.82, 2.24) is 13.5 Å². The molecule has 0 bridgehead atoms. The third kappa shape index (κ3) is 2.53. The Balaban J connectivity index is 1.90. The average molecular weight is 275 g/mol. The van der Waals surface area contributed by atoms with Crippen LogP contribution in [0.1, 0.15) is 19.3 Å². The van der Waals surface area contributed by atoms with Crippen LogP contribution in [0.4, 0.5) is 0 Å². The summed E-state index contributed by atoms with van der Waals surface area (Å²) < 4.78 is 26.5. The van der Waals surface area contributed by atoms with Crippen molar-refractivity contribution in [2.75, 3.05) is 40.3 Å². The van der Waals surface area contributed by atoms with E-state index in [2.05, 4.69) is 0 Å². The first-order chi connectivity index (χ1) is 8.43. The summed E-state index contributed by atoms with van der Waals surface area (Å²) in [5.41, 5.74) is 0. The summed E-state index contributed by atoms with van der Waals surface area (Å²) in [6, 6.07) is 0. The van der Waals surface area contributed by atoms with Gasteiger partial charge in [-0.25, -0.2) is 0 Å². The molecule has 1 aliphatic heterocycles. The number of nitrogens with zero attached hydrogens (tertiary/aromatic N) is 3. The fraction of sp³-hybridized carbons (Fsp3) is 0.909. The Bertz CT molecular complexity index is 409. The van der Waals surface area contributed by atoms with Crippen LogP contribution in [0.3, 0.4) is 0 Å². The maximum absolute atomic E-state index is 12.0. The molecule has 2 aliphatic rings. The summed E-state index contributed by atoms with van der Waals surface area (Å²) in [5.74, 6) is 0.408. The summed E-state index contributed by atoms with van der Waals surface area (Å²) in [4.78, 5) is 13.8. The van der Waals surface area contributed by atoms with Crippen LogP contribution < -0.4 is 0 Å². The second kappa shape index (κ2) is 5.14. The van der Waals surface area contributed by atoms with Gasteiger partial charge in [0.2, 0.25) is 5.91 Å². The zero-order chi connectivity index (χ0) is 13.3. The van der Waals surface area contributed by atoms with Crippen molar-refractivity contribution < 1.29 is 13.2 Å². The molecule has 0 aromatic rings. The lowest BCUT2D eigenvalue weighted by molar-refractivity contribution is -0.139. The average Bonchev–Trinajstić information content (AvgIpc) is 2.26. The third-order valence-electron chi connectivity index (χ3n) is 3.79. The van der Waals surface area contributed by atoms with E-state index in [1.807, 2.05) is 4.90 Å². The minimum Gasteiger partial charge on any atom is -0.340 e. The molecular weight excluding hydrogens is 254 g/mol. The number of piperazine rings is 1. The van der Waals surface area contributed by atoms with E-state index in [-0.39, 0.29) is 11.8 Å². The topological polar surface area (TPSA) is 60.9 Å². The van der Waals surface area contributed by atoms with Crippen LogP contribution in [-0.2, 0) is 15.0 Å². The minimum atomic E-state index is -3.33. The molecule has 0 aromatic heterocycles. The van der Waals surface area contributed by atoms with Crippen molar-refractivity contribution >= 4 is 16.1 Å². The summed E-state index contributed by atoms with van der Waals surface area (Å²) in [6.07, 6.45) is 3.13. The maximum atomic E-state index is 12.0. The van der Waals surface area contributed by atoms with Gasteiger partial charge in [-0.1, -0.05) is 6.42 Å². The van der Waals surface area contributed by atoms with Gasteiger partial charge in [0, 0.05) is 46.2 Å². The Labute approximate surface area is 109 Å². The van der Waals surface area contributed by atoms with E-state index in [0.29, 0.717) is 26.2 Å². The Morgan fingerprint density at radius 3 is 2.06 bits per heavy atom. The third-order valence-corrected chi connectivity index (χ3v) is 5.73. The van der Waals surface area contributed by atoms with Crippen molar-refractivity contribution in [3.63, 3.8) is 0 Å². The molecule has 104 valence electrons. The highest BCUT2D eigenvalue weighted by Crippen LogP contribution is 2.28. The van der Waals surface area contributed by atoms with Crippen LogP contribution in [0, 0.1) is 5.92 Å². The van der Waals surface area contributed by atoms with E-state index in [1.54, 1.807) is 0 Å². The molecule has 0 N–H and O–H groups in total. The Morgan fingerprint density at radius 2 is 1.67 bits per heavy atom. The first-order valence-corrected chi connectivity index (χ1v) is 7.79. The molecule has 0 spiro atoms. The van der Waals surface area contributed by atoms with Gasteiger partial charge in [0.05, 0.1) is 0 Å². The summed E-state index contributed by atoms with van der Waals surface area (Å²) >= 11 is 0. The van der Waals surface area contributed by atoms with Gasteiger partial charge in [0.25, 0.3) is 10.2 Å². The number of rotatable bonds is 3. The van der Waals surface area contributed by atoms with E-state index in [4.69, 9.17) is 0 Å². The molecule has 6 nitrogen and oxygen atoms in total. The molecule has 18 heavy (non-hydrogen) atoms. The number of amides is 1. The fourth-order valence-corrected chi connectivity index (χ4v) is 3.37. The zero-order valence-electron chi connectivity index (χ0n) is 11.0. The molecule has 0 aromatic carbocycles. The van der Waals surface area contributed by atoms with E-state index in [1.165, 1.54) is 22.7 Å². The fourth-order valence-electron chi connectivity index (χ4n) is 2.28. The first kappa shape index (κ1) is 13.8. The summed E-state index contributed by atoms with van der Waals surface area (Å²) in [7, 11) is -0.274. The van der Waals surface area contributed by atoms with Gasteiger partial charge in [0.15, 0.2) is 0 Å². The summed E-state index contributed by atoms with van der Waals surface area (Å²) in [6.45, 7) is 1.84. The molecule has 0 unspecified atom stereocenters. The van der Waals surface area contributed by atoms with Crippen molar-refractivity contribution in [3.8, 4) is 0 Å². The van der Waals surface area contributed by atoms with E-state index < -0.39 is 10.2 Å². The quantitative estimate of drug-likeness (QED) is 0.713. The molecule has 1 heterocycles. The normalized spacial score (nSPS) is 23.2. The molecule has 7 heteroatoms. The Hall–Kier alpha value is -0.660. The van der Waals surface area contributed by atoms with Gasteiger partial charge in [-0.05, 0) is 12.8 Å². The van der Waals surface area contributed by atoms with E-state index in [0.717, 1.165) is 19.3 Å². The van der Waals surface area contributed by atoms with Gasteiger partial charge < -0.3 is 4.90 Å². The number of hydrogen-bond donors (Lipinski definition) is 0. The molecule has 1 aliphatic carbocycles. The first-order valence-electron chi connectivity index (χ1n) is 6.39. The second-order valence-electron chi connectivity index (χ2n) is 5.14. The van der Waals surface area contributed by atoms with Crippen LogP contribution in [0.5, 0.6) is 0 Å². The number of carbonyl (C=O) groups is 1. The standard InChI is InChI=1S/C11H21N3O3S/c1-12(2)18(16,17)14-8-6-13(7-9-14)11(15)10-4-3-5-10/h10H,3-9H2,1-2H3. The Morgan fingerprint density at radius 1 is 1.11 bits per heavy atom. The van der Waals surface area contributed by atoms with Crippen LogP contribution in [0.2, 0.25) is 0 Å². The van der Waals surface area contributed by atoms with Gasteiger partial charge in [-0.3, -0.25) is 4.79 Å². The van der Waals surface area contributed by atoms with Crippen molar-refractivity contribution in [1.29, 1.82) is 0 Å². The SMILES string of the molecule is CN(C)S(=O)(=O)N1CCN(C(=O)C2CCC2)CC1. The molecule has 2 rings (SSSR count). The van der Waals surface area contributed by atoms with Crippen LogP contribution in [-0.4, -0.2) is 68.1 Å². The van der Waals surface area contributed by atoms with Crippen molar-refractivity contribution in [2.24, 2.45) is 5.92 Å². The van der Waals surface area contributed by atoms with Crippen molar-refractivity contribution in [3.05, 3.63) is 0 Å². The molecule has 1 amide bonds. The zero-order valence-corrected chi connectivity index (χ0v) is 11.8. The maximum Gasteiger partial charge on any atom is 0.281 e. The highest BCUT2D eigenvalue weighted by Gasteiger charge is 2.34. The van der Waals surface area contributed by atoms with Gasteiger partial charge in [0.1, 0.15) is 0 Å². The smallest absolute Gasteiger partial charge is 0.281 e. The van der Waals surface area contributed by atoms with Gasteiger partial charge in [-0.2, -0.15) is 17.0 Å². The largest absolute Gasteiger partial charge is 0.340 e. The second-order valence-corrected chi connectivity index (χ2v) is 7.28.